The number of rotatable bonds is 0. The monoisotopic (exact) mass is 111 g/mol. The van der Waals surface area contributed by atoms with Crippen molar-refractivity contribution in [2.45, 2.75) is 0 Å². The van der Waals surface area contributed by atoms with E-state index in [9.17, 15) is 4.79 Å². The first kappa shape index (κ1) is 7.27. The second-order valence-electron chi connectivity index (χ2n) is 1.06. The van der Waals surface area contributed by atoms with Crippen molar-refractivity contribution in [1.29, 1.82) is 0 Å². The maximum absolute atomic E-state index is 9.91. The fourth-order valence-corrected chi connectivity index (χ4v) is 0.348. The summed E-state index contributed by atoms with van der Waals surface area (Å²) >= 11 is 0. The molecule has 7 heavy (non-hydrogen) atoms. The van der Waals surface area contributed by atoms with Crippen LogP contribution in [-0.2, 0) is 4.74 Å². The van der Waals surface area contributed by atoms with Gasteiger partial charge < -0.3 is 10.1 Å². The predicted molar refractivity (Wildman–Crippen MR) is 26.5 cm³/mol. The third kappa shape index (κ3) is 2.16. The summed E-state index contributed by atoms with van der Waals surface area (Å²) in [6, 6.07) is 0. The van der Waals surface area contributed by atoms with Gasteiger partial charge in [-0.1, -0.05) is 0 Å². The van der Waals surface area contributed by atoms with Crippen molar-refractivity contribution in [3.63, 3.8) is 0 Å². The van der Waals surface area contributed by atoms with Gasteiger partial charge in [-0.3, -0.25) is 0 Å². The number of nitrogens with one attached hydrogen (secondary N) is 1. The molecule has 0 radical (unpaired) electrons. The maximum atomic E-state index is 9.91. The summed E-state index contributed by atoms with van der Waals surface area (Å²) in [6.07, 6.45) is -0.296. The Kier molecular flexibility index (Phi) is 3.42. The van der Waals surface area contributed by atoms with Crippen LogP contribution in [0.25, 0.3) is 0 Å². The zero-order valence-electron chi connectivity index (χ0n) is 3.23. The molecule has 0 unspecified atom stereocenters. The van der Waals surface area contributed by atoms with E-state index in [2.05, 4.69) is 10.1 Å². The zero-order valence-corrected chi connectivity index (χ0v) is 3.23. The van der Waals surface area contributed by atoms with Crippen LogP contribution in [0.15, 0.2) is 0 Å². The Morgan fingerprint density at radius 2 is 2.43 bits per heavy atom. The van der Waals surface area contributed by atoms with Crippen LogP contribution < -0.4 is 5.32 Å². The summed E-state index contributed by atoms with van der Waals surface area (Å²) in [5.74, 6) is 0. The molecule has 0 bridgehead atoms. The Balaban J connectivity index is 0.000000360. The summed E-state index contributed by atoms with van der Waals surface area (Å²) < 4.78 is 4.40. The number of hydrogen-bond donors (Lipinski definition) is 1. The number of carbonyl (C=O) groups is 1. The first-order valence-electron chi connectivity index (χ1n) is 1.80. The third-order valence-corrected chi connectivity index (χ3v) is 0.605. The van der Waals surface area contributed by atoms with Crippen molar-refractivity contribution >= 4 is 35.7 Å². The van der Waals surface area contributed by atoms with E-state index in [4.69, 9.17) is 0 Å². The van der Waals surface area contributed by atoms with Crippen LogP contribution in [0.5, 0.6) is 0 Å². The second-order valence-corrected chi connectivity index (χ2v) is 1.06. The molecule has 0 aromatic carbocycles. The summed E-state index contributed by atoms with van der Waals surface area (Å²) in [5.41, 5.74) is 0. The quantitative estimate of drug-likeness (QED) is 0.410. The fourth-order valence-electron chi connectivity index (χ4n) is 0.348. The number of amides is 1. The first-order chi connectivity index (χ1) is 2.89. The van der Waals surface area contributed by atoms with Gasteiger partial charge in [0.05, 0.1) is 6.54 Å². The molecule has 0 atom stereocenters. The summed E-state index contributed by atoms with van der Waals surface area (Å²) in [5, 5.41) is 2.46. The van der Waals surface area contributed by atoms with Gasteiger partial charge in [0.1, 0.15) is 6.61 Å². The number of hydrogen-bond acceptors (Lipinski definition) is 2. The zero-order chi connectivity index (χ0) is 4.41. The standard InChI is InChI=1S/C3H5NO2.Na.H/c5-3-4-1-2-6-3;;/h1-2H2,(H,4,5);;. The van der Waals surface area contributed by atoms with Crippen LogP contribution in [0.1, 0.15) is 0 Å². The Morgan fingerprint density at radius 3 is 2.57 bits per heavy atom. The van der Waals surface area contributed by atoms with Gasteiger partial charge in [0.25, 0.3) is 0 Å². The molecule has 36 valence electrons. The van der Waals surface area contributed by atoms with Gasteiger partial charge in [-0.05, 0) is 0 Å². The van der Waals surface area contributed by atoms with Crippen molar-refractivity contribution in [3.8, 4) is 0 Å². The molecule has 1 fully saturated rings. The molecular weight excluding hydrogens is 105 g/mol. The predicted octanol–water partition coefficient (Wildman–Crippen LogP) is -0.922. The van der Waals surface area contributed by atoms with E-state index >= 15 is 0 Å². The van der Waals surface area contributed by atoms with Crippen LogP contribution in [0.3, 0.4) is 0 Å². The van der Waals surface area contributed by atoms with Gasteiger partial charge in [0.15, 0.2) is 0 Å². The topological polar surface area (TPSA) is 38.3 Å². The van der Waals surface area contributed by atoms with Crippen LogP contribution in [0, 0.1) is 0 Å². The van der Waals surface area contributed by atoms with E-state index in [0.717, 1.165) is 0 Å². The van der Waals surface area contributed by atoms with Crippen LogP contribution >= 0.6 is 0 Å². The van der Waals surface area contributed by atoms with Crippen molar-refractivity contribution < 1.29 is 9.53 Å². The van der Waals surface area contributed by atoms with Crippen LogP contribution in [0.4, 0.5) is 4.79 Å². The minimum absolute atomic E-state index is 0. The molecule has 0 aromatic rings. The molecule has 1 aliphatic rings. The number of ether oxygens (including phenoxy) is 1. The molecule has 1 saturated heterocycles. The SMILES string of the molecule is O=C1NCCO1.[NaH]. The van der Waals surface area contributed by atoms with E-state index in [-0.39, 0.29) is 35.7 Å². The van der Waals surface area contributed by atoms with E-state index in [1.807, 2.05) is 0 Å². The first-order valence-corrected chi connectivity index (χ1v) is 1.80. The average molecular weight is 111 g/mol. The fraction of sp³-hybridized carbons (Fsp3) is 0.667. The van der Waals surface area contributed by atoms with Crippen molar-refractivity contribution in [2.24, 2.45) is 0 Å². The molecular formula is C3H6NNaO2. The summed E-state index contributed by atoms with van der Waals surface area (Å²) in [4.78, 5) is 9.91. The van der Waals surface area contributed by atoms with Crippen molar-refractivity contribution in [2.75, 3.05) is 13.2 Å². The molecule has 3 nitrogen and oxygen atoms in total. The van der Waals surface area contributed by atoms with Gasteiger partial charge in [-0.25, -0.2) is 4.79 Å². The molecule has 0 aliphatic carbocycles. The molecule has 1 aliphatic heterocycles. The van der Waals surface area contributed by atoms with E-state index in [1.165, 1.54) is 0 Å². The van der Waals surface area contributed by atoms with E-state index < -0.39 is 0 Å². The molecule has 4 heteroatoms. The van der Waals surface area contributed by atoms with E-state index in [0.29, 0.717) is 13.2 Å². The summed E-state index contributed by atoms with van der Waals surface area (Å²) in [6.45, 7) is 1.19. The molecule has 1 heterocycles. The molecule has 0 aromatic heterocycles. The van der Waals surface area contributed by atoms with Crippen LogP contribution in [0.2, 0.25) is 0 Å². The van der Waals surface area contributed by atoms with Crippen molar-refractivity contribution in [1.82, 2.24) is 5.32 Å². The normalized spacial score (nSPS) is 16.9. The molecule has 0 spiro atoms. The van der Waals surface area contributed by atoms with Gasteiger partial charge >= 0.3 is 35.7 Å². The minimum atomic E-state index is -0.296. The molecule has 1 N–H and O–H groups in total. The number of cyclic esters (lactones) is 1. The van der Waals surface area contributed by atoms with Crippen molar-refractivity contribution in [3.05, 3.63) is 0 Å². The Labute approximate surface area is 63.7 Å². The number of carbonyl (C=O) groups excluding carboxylic acids is 1. The molecule has 0 saturated carbocycles. The molecule has 1 amide bonds. The number of alkyl carbamates (subject to hydrolysis) is 1. The van der Waals surface area contributed by atoms with Gasteiger partial charge in [-0.15, -0.1) is 0 Å². The Morgan fingerprint density at radius 1 is 1.71 bits per heavy atom. The Bertz CT molecular complexity index is 67.3. The van der Waals surface area contributed by atoms with Gasteiger partial charge in [0, 0.05) is 0 Å². The van der Waals surface area contributed by atoms with E-state index in [1.54, 1.807) is 0 Å². The van der Waals surface area contributed by atoms with Gasteiger partial charge in [0.2, 0.25) is 0 Å². The molecule has 1 rings (SSSR count). The second kappa shape index (κ2) is 3.29. The third-order valence-electron chi connectivity index (χ3n) is 0.605. The average Bonchev–Trinajstić information content (AvgIpc) is 1.86. The summed E-state index contributed by atoms with van der Waals surface area (Å²) in [7, 11) is 0. The van der Waals surface area contributed by atoms with Gasteiger partial charge in [-0.2, -0.15) is 0 Å². The Hall–Kier alpha value is 0.270. The van der Waals surface area contributed by atoms with Crippen LogP contribution in [-0.4, -0.2) is 48.8 Å².